The molecule has 0 saturated carbocycles. The summed E-state index contributed by atoms with van der Waals surface area (Å²) in [7, 11) is 0. The fraction of sp³-hybridized carbons (Fsp3) is 0.286. The van der Waals surface area contributed by atoms with Gasteiger partial charge >= 0.3 is 0 Å². The minimum absolute atomic E-state index is 0.0450. The Hall–Kier alpha value is -0.340. The van der Waals surface area contributed by atoms with Gasteiger partial charge in [-0.05, 0) is 24.8 Å². The highest BCUT2D eigenvalue weighted by Gasteiger charge is 1.96. The molecule has 1 aromatic heterocycles. The molecule has 2 heteroatoms. The van der Waals surface area contributed by atoms with Gasteiger partial charge in [0.05, 0.1) is 0 Å². The molecule has 1 radical (unpaired) electrons. The standard InChI is InChI=1S/C7H10NS/c1-6(8)5-7-3-2-4-9-7/h2-4,6H,1,5,8H2. The van der Waals surface area contributed by atoms with E-state index < -0.39 is 0 Å². The molecule has 1 heterocycles. The Bertz CT molecular complexity index is 155. The first-order valence-electron chi connectivity index (χ1n) is 2.90. The summed E-state index contributed by atoms with van der Waals surface area (Å²) in [6, 6.07) is 4.15. The maximum absolute atomic E-state index is 5.48. The molecule has 0 spiro atoms. The zero-order valence-electron chi connectivity index (χ0n) is 5.21. The first-order chi connectivity index (χ1) is 4.29. The van der Waals surface area contributed by atoms with Crippen LogP contribution in [0.25, 0.3) is 0 Å². The fourth-order valence-electron chi connectivity index (χ4n) is 0.687. The molecular weight excluding hydrogens is 130 g/mol. The van der Waals surface area contributed by atoms with Crippen LogP contribution >= 0.6 is 11.3 Å². The Balaban J connectivity index is 2.48. The lowest BCUT2D eigenvalue weighted by molar-refractivity contribution is 0.818. The zero-order valence-corrected chi connectivity index (χ0v) is 6.03. The van der Waals surface area contributed by atoms with Gasteiger partial charge in [-0.3, -0.25) is 0 Å². The summed E-state index contributed by atoms with van der Waals surface area (Å²) in [5.74, 6) is 0. The van der Waals surface area contributed by atoms with E-state index in [1.54, 1.807) is 11.3 Å². The van der Waals surface area contributed by atoms with Crippen LogP contribution in [0.2, 0.25) is 0 Å². The van der Waals surface area contributed by atoms with Gasteiger partial charge < -0.3 is 5.73 Å². The first-order valence-corrected chi connectivity index (χ1v) is 3.78. The van der Waals surface area contributed by atoms with Crippen LogP contribution in [0.3, 0.4) is 0 Å². The number of rotatable bonds is 2. The molecule has 0 aliphatic rings. The van der Waals surface area contributed by atoms with E-state index in [9.17, 15) is 0 Å². The van der Waals surface area contributed by atoms with Crippen molar-refractivity contribution in [3.8, 4) is 0 Å². The first kappa shape index (κ1) is 6.78. The minimum atomic E-state index is 0.0450. The van der Waals surface area contributed by atoms with Crippen molar-refractivity contribution in [3.05, 3.63) is 29.3 Å². The molecule has 0 aromatic carbocycles. The van der Waals surface area contributed by atoms with Crippen molar-refractivity contribution in [3.63, 3.8) is 0 Å². The predicted octanol–water partition coefficient (Wildman–Crippen LogP) is 1.45. The van der Waals surface area contributed by atoms with E-state index in [2.05, 4.69) is 18.4 Å². The second kappa shape index (κ2) is 2.99. The lowest BCUT2D eigenvalue weighted by Gasteiger charge is -1.99. The fourth-order valence-corrected chi connectivity index (χ4v) is 1.49. The SMILES string of the molecule is [CH2]C(N)Cc1cccs1. The summed E-state index contributed by atoms with van der Waals surface area (Å²) in [6.45, 7) is 3.70. The lowest BCUT2D eigenvalue weighted by Crippen LogP contribution is -2.17. The largest absolute Gasteiger partial charge is 0.327 e. The molecule has 9 heavy (non-hydrogen) atoms. The third-order valence-electron chi connectivity index (χ3n) is 1.04. The van der Waals surface area contributed by atoms with E-state index in [4.69, 9.17) is 5.73 Å². The average Bonchev–Trinajstić information content (AvgIpc) is 2.15. The normalized spacial score (nSPS) is 13.6. The topological polar surface area (TPSA) is 26.0 Å². The van der Waals surface area contributed by atoms with Crippen LogP contribution in [0, 0.1) is 6.92 Å². The van der Waals surface area contributed by atoms with Crippen molar-refractivity contribution in [1.29, 1.82) is 0 Å². The van der Waals surface area contributed by atoms with Gasteiger partial charge in [0.15, 0.2) is 0 Å². The Morgan fingerprint density at radius 2 is 2.56 bits per heavy atom. The lowest BCUT2D eigenvalue weighted by atomic mass is 10.2. The second-order valence-corrected chi connectivity index (χ2v) is 3.08. The highest BCUT2D eigenvalue weighted by atomic mass is 32.1. The number of nitrogens with two attached hydrogens (primary N) is 1. The molecule has 0 fully saturated rings. The van der Waals surface area contributed by atoms with Crippen LogP contribution in [-0.2, 0) is 6.42 Å². The number of hydrogen-bond donors (Lipinski definition) is 1. The molecule has 1 nitrogen and oxygen atoms in total. The van der Waals surface area contributed by atoms with Gasteiger partial charge in [-0.1, -0.05) is 6.07 Å². The summed E-state index contributed by atoms with van der Waals surface area (Å²) in [6.07, 6.45) is 0.900. The predicted molar refractivity (Wildman–Crippen MR) is 41.4 cm³/mol. The molecule has 0 aliphatic heterocycles. The number of thiophene rings is 1. The van der Waals surface area contributed by atoms with Crippen molar-refractivity contribution in [2.45, 2.75) is 12.5 Å². The maximum atomic E-state index is 5.48. The van der Waals surface area contributed by atoms with E-state index in [0.717, 1.165) is 6.42 Å². The van der Waals surface area contributed by atoms with E-state index in [1.807, 2.05) is 6.07 Å². The van der Waals surface area contributed by atoms with Crippen LogP contribution in [0.5, 0.6) is 0 Å². The third kappa shape index (κ3) is 2.16. The molecule has 1 rings (SSSR count). The van der Waals surface area contributed by atoms with Crippen LogP contribution in [0.4, 0.5) is 0 Å². The Morgan fingerprint density at radius 3 is 3.00 bits per heavy atom. The molecule has 1 aromatic rings. The van der Waals surface area contributed by atoms with Crippen LogP contribution < -0.4 is 5.73 Å². The molecule has 0 saturated heterocycles. The average molecular weight is 140 g/mol. The van der Waals surface area contributed by atoms with Gasteiger partial charge in [-0.2, -0.15) is 0 Å². The van der Waals surface area contributed by atoms with E-state index >= 15 is 0 Å². The second-order valence-electron chi connectivity index (χ2n) is 2.04. The van der Waals surface area contributed by atoms with Crippen molar-refractivity contribution in [2.75, 3.05) is 0 Å². The minimum Gasteiger partial charge on any atom is -0.327 e. The van der Waals surface area contributed by atoms with Gasteiger partial charge in [0.25, 0.3) is 0 Å². The van der Waals surface area contributed by atoms with Gasteiger partial charge in [0.2, 0.25) is 0 Å². The van der Waals surface area contributed by atoms with Gasteiger partial charge in [-0.25, -0.2) is 0 Å². The van der Waals surface area contributed by atoms with Crippen molar-refractivity contribution in [1.82, 2.24) is 0 Å². The van der Waals surface area contributed by atoms with Gasteiger partial charge in [0, 0.05) is 10.9 Å². The van der Waals surface area contributed by atoms with E-state index in [0.29, 0.717) is 0 Å². The molecule has 0 bridgehead atoms. The summed E-state index contributed by atoms with van der Waals surface area (Å²) >= 11 is 1.73. The molecule has 0 aliphatic carbocycles. The summed E-state index contributed by atoms with van der Waals surface area (Å²) in [5, 5.41) is 2.05. The van der Waals surface area contributed by atoms with Crippen LogP contribution in [0.15, 0.2) is 17.5 Å². The summed E-state index contributed by atoms with van der Waals surface area (Å²) in [5.41, 5.74) is 5.48. The third-order valence-corrected chi connectivity index (χ3v) is 1.94. The molecular formula is C7H10NS. The quantitative estimate of drug-likeness (QED) is 0.661. The molecule has 1 atom stereocenters. The molecule has 1 unspecified atom stereocenters. The maximum Gasteiger partial charge on any atom is 0.00877 e. The number of hydrogen-bond acceptors (Lipinski definition) is 2. The summed E-state index contributed by atoms with van der Waals surface area (Å²) in [4.78, 5) is 1.32. The Labute approximate surface area is 59.5 Å². The molecule has 0 amide bonds. The van der Waals surface area contributed by atoms with E-state index in [1.165, 1.54) is 4.88 Å². The molecule has 49 valence electrons. The summed E-state index contributed by atoms with van der Waals surface area (Å²) < 4.78 is 0. The van der Waals surface area contributed by atoms with Crippen molar-refractivity contribution < 1.29 is 0 Å². The highest BCUT2D eigenvalue weighted by Crippen LogP contribution is 2.09. The Kier molecular flexibility index (Phi) is 2.25. The zero-order chi connectivity index (χ0) is 6.69. The smallest absolute Gasteiger partial charge is 0.00877 e. The Morgan fingerprint density at radius 1 is 1.78 bits per heavy atom. The van der Waals surface area contributed by atoms with Crippen molar-refractivity contribution >= 4 is 11.3 Å². The van der Waals surface area contributed by atoms with Crippen molar-refractivity contribution in [2.24, 2.45) is 5.73 Å². The van der Waals surface area contributed by atoms with E-state index in [-0.39, 0.29) is 6.04 Å². The highest BCUT2D eigenvalue weighted by molar-refractivity contribution is 7.09. The van der Waals surface area contributed by atoms with Gasteiger partial charge in [0.1, 0.15) is 0 Å². The monoisotopic (exact) mass is 140 g/mol. The van der Waals surface area contributed by atoms with Crippen LogP contribution in [0.1, 0.15) is 4.88 Å². The van der Waals surface area contributed by atoms with Gasteiger partial charge in [-0.15, -0.1) is 11.3 Å². The molecule has 2 N–H and O–H groups in total. The van der Waals surface area contributed by atoms with Crippen LogP contribution in [-0.4, -0.2) is 6.04 Å².